The zero-order chi connectivity index (χ0) is 22.7. The number of carbonyl (C=O) groups excluding carboxylic acids is 1. The van der Waals surface area contributed by atoms with Gasteiger partial charge in [0, 0.05) is 29.9 Å². The van der Waals surface area contributed by atoms with Crippen molar-refractivity contribution in [2.45, 2.75) is 70.0 Å². The summed E-state index contributed by atoms with van der Waals surface area (Å²) >= 11 is 1.71. The fourth-order valence-corrected chi connectivity index (χ4v) is 6.35. The van der Waals surface area contributed by atoms with Crippen molar-refractivity contribution in [2.75, 3.05) is 13.1 Å². The number of hydrogen-bond donors (Lipinski definition) is 2. The van der Waals surface area contributed by atoms with E-state index in [0.717, 1.165) is 37.8 Å². The average molecular weight is 457 g/mol. The number of nitrogens with two attached hydrogens (primary N) is 1. The Hall–Kier alpha value is -2.45. The number of aryl methyl sites for hydroxylation is 1. The van der Waals surface area contributed by atoms with E-state index in [-0.39, 0.29) is 24.4 Å². The molecule has 3 unspecified atom stereocenters. The van der Waals surface area contributed by atoms with Crippen LogP contribution >= 0.6 is 11.3 Å². The van der Waals surface area contributed by atoms with Crippen LogP contribution in [0.1, 0.15) is 60.3 Å². The van der Waals surface area contributed by atoms with Crippen molar-refractivity contribution in [3.05, 3.63) is 51.5 Å². The van der Waals surface area contributed by atoms with Crippen LogP contribution < -0.4 is 5.73 Å². The summed E-state index contributed by atoms with van der Waals surface area (Å²) in [4.78, 5) is 34.0. The Kier molecular flexibility index (Phi) is 7.10. The van der Waals surface area contributed by atoms with E-state index in [1.54, 1.807) is 16.2 Å². The minimum Gasteiger partial charge on any atom is -0.465 e. The second-order valence-electron chi connectivity index (χ2n) is 8.80. The molecule has 1 aromatic heterocycles. The number of fused-ring (bicyclic) bond motifs is 2. The van der Waals surface area contributed by atoms with Crippen molar-refractivity contribution in [3.8, 4) is 0 Å². The minimum atomic E-state index is -0.904. The van der Waals surface area contributed by atoms with Gasteiger partial charge in [0.05, 0.1) is 17.2 Å². The van der Waals surface area contributed by atoms with Gasteiger partial charge in [-0.2, -0.15) is 0 Å². The van der Waals surface area contributed by atoms with Gasteiger partial charge >= 0.3 is 6.09 Å². The Morgan fingerprint density at radius 1 is 1.34 bits per heavy atom. The van der Waals surface area contributed by atoms with Gasteiger partial charge in [-0.1, -0.05) is 31.2 Å². The molecule has 2 aromatic rings. The first-order valence-corrected chi connectivity index (χ1v) is 12.4. The Bertz CT molecular complexity index is 962. The molecule has 172 valence electrons. The van der Waals surface area contributed by atoms with E-state index in [0.29, 0.717) is 25.4 Å². The van der Waals surface area contributed by atoms with Gasteiger partial charge < -0.3 is 10.8 Å². The standard InChI is InChI=1S/C24H32N4O3S/c1-2-12-27(17-7-8-19-21(14-17)32-15-26-19)20(9-10-22(25)29)23-18-6-4-3-5-16(18)11-13-28(23)24(30)31/h3-6,15,17,20,23H,2,7-14H2,1H3,(H2,25,29)(H,30,31). The molecule has 4 rings (SSSR count). The normalized spacial score (nSPS) is 21.1. The number of rotatable bonds is 8. The molecular formula is C24H32N4O3S. The quantitative estimate of drug-likeness (QED) is 0.632. The maximum atomic E-state index is 12.3. The Morgan fingerprint density at radius 2 is 2.16 bits per heavy atom. The van der Waals surface area contributed by atoms with Crippen LogP contribution in [0.5, 0.6) is 0 Å². The van der Waals surface area contributed by atoms with Crippen molar-refractivity contribution in [1.82, 2.24) is 14.8 Å². The molecule has 0 fully saturated rings. The van der Waals surface area contributed by atoms with Crippen LogP contribution in [0, 0.1) is 0 Å². The van der Waals surface area contributed by atoms with Crippen molar-refractivity contribution in [1.29, 1.82) is 0 Å². The molecule has 2 aliphatic rings. The van der Waals surface area contributed by atoms with Gasteiger partial charge in [0.1, 0.15) is 0 Å². The third-order valence-corrected chi connectivity index (χ3v) is 7.76. The monoisotopic (exact) mass is 456 g/mol. The first-order valence-electron chi connectivity index (χ1n) is 11.5. The highest BCUT2D eigenvalue weighted by Crippen LogP contribution is 2.39. The molecular weight excluding hydrogens is 424 g/mol. The van der Waals surface area contributed by atoms with Gasteiger partial charge in [-0.05, 0) is 56.2 Å². The molecule has 0 saturated heterocycles. The predicted molar refractivity (Wildman–Crippen MR) is 125 cm³/mol. The van der Waals surface area contributed by atoms with Crippen LogP contribution in [0.4, 0.5) is 4.79 Å². The largest absolute Gasteiger partial charge is 0.465 e. The van der Waals surface area contributed by atoms with Gasteiger partial charge in [0.2, 0.25) is 5.91 Å². The first-order chi connectivity index (χ1) is 15.5. The molecule has 1 aromatic carbocycles. The number of amides is 2. The lowest BCUT2D eigenvalue weighted by Gasteiger charge is -2.47. The van der Waals surface area contributed by atoms with Crippen LogP contribution in [0.15, 0.2) is 29.8 Å². The summed E-state index contributed by atoms with van der Waals surface area (Å²) in [5.41, 5.74) is 10.9. The third kappa shape index (κ3) is 4.66. The predicted octanol–water partition coefficient (Wildman–Crippen LogP) is 3.62. The molecule has 0 spiro atoms. The van der Waals surface area contributed by atoms with E-state index in [1.165, 1.54) is 16.1 Å². The lowest BCUT2D eigenvalue weighted by molar-refractivity contribution is -0.118. The highest BCUT2D eigenvalue weighted by Gasteiger charge is 2.41. The maximum absolute atomic E-state index is 12.3. The fourth-order valence-electron chi connectivity index (χ4n) is 5.47. The van der Waals surface area contributed by atoms with Gasteiger partial charge in [-0.3, -0.25) is 14.6 Å². The second kappa shape index (κ2) is 10.0. The number of carbonyl (C=O) groups is 2. The summed E-state index contributed by atoms with van der Waals surface area (Å²) in [7, 11) is 0. The average Bonchev–Trinajstić information content (AvgIpc) is 3.26. The summed E-state index contributed by atoms with van der Waals surface area (Å²) < 4.78 is 0. The first kappa shape index (κ1) is 22.7. The lowest BCUT2D eigenvalue weighted by Crippen LogP contribution is -2.55. The Balaban J connectivity index is 1.74. The molecule has 1 aliphatic heterocycles. The van der Waals surface area contributed by atoms with Crippen LogP contribution in [-0.4, -0.2) is 57.1 Å². The molecule has 3 atom stereocenters. The van der Waals surface area contributed by atoms with Gasteiger partial charge in [-0.25, -0.2) is 9.78 Å². The maximum Gasteiger partial charge on any atom is 0.407 e. The second-order valence-corrected chi connectivity index (χ2v) is 9.74. The summed E-state index contributed by atoms with van der Waals surface area (Å²) in [6, 6.07) is 8.02. The number of benzene rings is 1. The van der Waals surface area contributed by atoms with Crippen LogP contribution in [0.25, 0.3) is 0 Å². The van der Waals surface area contributed by atoms with E-state index < -0.39 is 6.09 Å². The van der Waals surface area contributed by atoms with E-state index in [1.807, 2.05) is 17.6 Å². The van der Waals surface area contributed by atoms with E-state index in [2.05, 4.69) is 28.9 Å². The summed E-state index contributed by atoms with van der Waals surface area (Å²) in [5.74, 6) is -0.342. The van der Waals surface area contributed by atoms with Gasteiger partial charge in [-0.15, -0.1) is 11.3 Å². The molecule has 8 heteroatoms. The molecule has 1 aliphatic carbocycles. The Morgan fingerprint density at radius 3 is 2.91 bits per heavy atom. The van der Waals surface area contributed by atoms with E-state index in [9.17, 15) is 14.7 Å². The summed E-state index contributed by atoms with van der Waals surface area (Å²) in [6.45, 7) is 3.48. The minimum absolute atomic E-state index is 0.112. The molecule has 32 heavy (non-hydrogen) atoms. The van der Waals surface area contributed by atoms with Gasteiger partial charge in [0.25, 0.3) is 0 Å². The fraction of sp³-hybridized carbons (Fsp3) is 0.542. The summed E-state index contributed by atoms with van der Waals surface area (Å²) in [6.07, 6.45) is 4.41. The highest BCUT2D eigenvalue weighted by atomic mass is 32.1. The van der Waals surface area contributed by atoms with Crippen LogP contribution in [0.2, 0.25) is 0 Å². The third-order valence-electron chi connectivity index (χ3n) is 6.87. The molecule has 2 heterocycles. The molecule has 0 bridgehead atoms. The summed E-state index contributed by atoms with van der Waals surface area (Å²) in [5, 5.41) is 10.1. The van der Waals surface area contributed by atoms with Crippen molar-refractivity contribution in [2.24, 2.45) is 5.73 Å². The molecule has 0 saturated carbocycles. The number of primary amides is 1. The van der Waals surface area contributed by atoms with Crippen molar-refractivity contribution >= 4 is 23.3 Å². The lowest BCUT2D eigenvalue weighted by atomic mass is 9.84. The smallest absolute Gasteiger partial charge is 0.407 e. The molecule has 3 N–H and O–H groups in total. The van der Waals surface area contributed by atoms with E-state index >= 15 is 0 Å². The number of nitrogens with zero attached hydrogens (tertiary/aromatic N) is 3. The SMILES string of the molecule is CCCN(C1CCc2ncsc2C1)C(CCC(N)=O)C1c2ccccc2CCN1C(=O)O. The van der Waals surface area contributed by atoms with Crippen LogP contribution in [0.3, 0.4) is 0 Å². The number of hydrogen-bond acceptors (Lipinski definition) is 5. The molecule has 0 radical (unpaired) electrons. The van der Waals surface area contributed by atoms with E-state index in [4.69, 9.17) is 5.73 Å². The van der Waals surface area contributed by atoms with Crippen molar-refractivity contribution in [3.63, 3.8) is 0 Å². The topological polar surface area (TPSA) is 99.8 Å². The Labute approximate surface area is 193 Å². The number of thiazole rings is 1. The van der Waals surface area contributed by atoms with Gasteiger partial charge in [0.15, 0.2) is 0 Å². The highest BCUT2D eigenvalue weighted by molar-refractivity contribution is 7.09. The molecule has 7 nitrogen and oxygen atoms in total. The number of carboxylic acid groups (broad SMARTS) is 1. The van der Waals surface area contributed by atoms with Crippen molar-refractivity contribution < 1.29 is 14.7 Å². The zero-order valence-corrected chi connectivity index (χ0v) is 19.4. The zero-order valence-electron chi connectivity index (χ0n) is 18.6. The number of aromatic nitrogens is 1. The van der Waals surface area contributed by atoms with Crippen LogP contribution in [-0.2, 0) is 24.1 Å². The molecule has 2 amide bonds.